The fraction of sp³-hybridized carbons (Fsp3) is 0. The van der Waals surface area contributed by atoms with E-state index in [-0.39, 0.29) is 74.4 Å². The molecule has 0 unspecified atom stereocenters. The maximum absolute atomic E-state index is 7.25. The van der Waals surface area contributed by atoms with Crippen molar-refractivity contribution in [3.8, 4) is 0 Å². The van der Waals surface area contributed by atoms with Gasteiger partial charge >= 0.3 is 29.7 Å². The predicted octanol–water partition coefficient (Wildman–Crippen LogP) is -4.05. The number of hydrogen-bond acceptors (Lipinski definition) is 1. The molecule has 0 saturated heterocycles. The van der Waals surface area contributed by atoms with Crippen LogP contribution in [0.15, 0.2) is 0 Å². The van der Waals surface area contributed by atoms with Crippen molar-refractivity contribution in [2.45, 2.75) is 0 Å². The molecule has 0 radical (unpaired) electrons. The van der Waals surface area contributed by atoms with Crippen molar-refractivity contribution in [1.29, 1.82) is 5.46 Å². The van der Waals surface area contributed by atoms with Crippen LogP contribution in [0.2, 0.25) is 0 Å². The number of hydrogen-bond donors (Lipinski definition) is 0. The van der Waals surface area contributed by atoms with Crippen LogP contribution < -0.4 is 24.8 Å². The number of rotatable bonds is 0. The van der Waals surface area contributed by atoms with E-state index in [1.54, 1.807) is 0 Å². The summed E-state index contributed by atoms with van der Waals surface area (Å²) in [6.45, 7) is 0. The zero-order chi connectivity index (χ0) is 2.00. The summed E-state index contributed by atoms with van der Waals surface area (Å²) in [5.41, 5.74) is 5.75. The molecule has 10 N–H and O–H groups in total. The minimum atomic E-state index is 0. The number of nitrogens with zero attached hydrogens (tertiary/aromatic N) is 1. The van der Waals surface area contributed by atoms with E-state index < -0.39 is 0 Å². The van der Waals surface area contributed by atoms with Gasteiger partial charge in [-0.2, -0.15) is 0 Å². The molecule has 68 valence electrons. The molecule has 10 heteroatoms. The van der Waals surface area contributed by atoms with E-state index in [9.17, 15) is 0 Å². The summed E-state index contributed by atoms with van der Waals surface area (Å²) in [6, 6.07) is 0. The number of halogens is 2. The molecule has 0 aliphatic carbocycles. The zero-order valence-corrected chi connectivity index (χ0v) is 8.02. The fourth-order valence-corrected chi connectivity index (χ4v) is 0. The van der Waals surface area contributed by atoms with E-state index in [2.05, 4.69) is 0 Å². The third-order valence-corrected chi connectivity index (χ3v) is 0. The molecule has 0 aliphatic rings. The van der Waals surface area contributed by atoms with Gasteiger partial charge in [0.1, 0.15) is 0 Å². The van der Waals surface area contributed by atoms with Crippen molar-refractivity contribution in [2.24, 2.45) is 0 Å². The van der Waals surface area contributed by atoms with Gasteiger partial charge in [-0.3, -0.25) is 0 Å². The van der Waals surface area contributed by atoms with E-state index in [4.69, 9.17) is 10.2 Å². The summed E-state index contributed by atoms with van der Waals surface area (Å²) in [7, 11) is 0. The third kappa shape index (κ3) is 1130. The van der Waals surface area contributed by atoms with Gasteiger partial charge in [-0.15, -0.1) is 0 Å². The van der Waals surface area contributed by atoms with Crippen LogP contribution in [0.1, 0.15) is 0 Å². The van der Waals surface area contributed by atoms with Gasteiger partial charge in [0.15, 0.2) is 0 Å². The molecule has 0 spiro atoms. The van der Waals surface area contributed by atoms with Gasteiger partial charge in [-0.05, 0) is 0 Å². The van der Waals surface area contributed by atoms with Crippen molar-refractivity contribution < 1.29 is 54.5 Å². The van der Waals surface area contributed by atoms with Crippen molar-refractivity contribution >= 4 is 0 Å². The summed E-state index contributed by atoms with van der Waals surface area (Å²) >= 11 is 0. The topological polar surface area (TPSA) is 209 Å². The van der Waals surface area contributed by atoms with Crippen molar-refractivity contribution in [3.63, 3.8) is 0 Å². The monoisotopic (exact) mass is 284 g/mol. The molecule has 0 heterocycles. The van der Waals surface area contributed by atoms with Crippen LogP contribution >= 0.6 is 0 Å². The van der Waals surface area contributed by atoms with Crippen LogP contribution in [0.25, 0.3) is 24.6 Å². The molecule has 7 nitrogen and oxygen atoms in total. The summed E-state index contributed by atoms with van der Waals surface area (Å²) in [5, 5.41) is 0. The van der Waals surface area contributed by atoms with Crippen LogP contribution in [-0.4, -0.2) is 5.48 Å². The first-order valence-corrected chi connectivity index (χ1v) is 0.183. The van der Waals surface area contributed by atoms with Crippen LogP contribution in [0.4, 0.5) is 0 Å². The SMILES string of the molecule is N#[O+].O.[Cl-].[Cl-].[NH2-].[NH2-].[NH2-].[NH2-].[Ru+6]. The Bertz CT molecular complexity index is 22.4. The molecule has 0 aliphatic heterocycles. The minimum Gasteiger partial charge on any atom is -1.00 e. The summed E-state index contributed by atoms with van der Waals surface area (Å²) in [5.74, 6) is 0. The average molecular weight is 284 g/mol. The Morgan fingerprint density at radius 1 is 0.700 bits per heavy atom. The van der Waals surface area contributed by atoms with Crippen LogP contribution in [-0.2, 0) is 24.3 Å². The van der Waals surface area contributed by atoms with Gasteiger partial charge in [0, 0.05) is 0 Å². The van der Waals surface area contributed by atoms with Crippen LogP contribution in [0.3, 0.4) is 0 Å². The molecular formula is H10Cl2N5O2Ru+. The maximum atomic E-state index is 7.25. The summed E-state index contributed by atoms with van der Waals surface area (Å²) in [6.07, 6.45) is 0. The fourth-order valence-electron chi connectivity index (χ4n) is 0. The second kappa shape index (κ2) is 1600. The zero-order valence-electron chi connectivity index (χ0n) is 4.77. The Labute approximate surface area is 84.8 Å². The smallest absolute Gasteiger partial charge is 1.00 e. The van der Waals surface area contributed by atoms with Gasteiger partial charge in [-0.1, -0.05) is 0 Å². The van der Waals surface area contributed by atoms with Gasteiger partial charge in [0.05, 0.1) is 0 Å². The Hall–Kier alpha value is 0.673. The van der Waals surface area contributed by atoms with Crippen molar-refractivity contribution in [2.75, 3.05) is 0 Å². The minimum absolute atomic E-state index is 0. The van der Waals surface area contributed by atoms with Crippen molar-refractivity contribution in [1.82, 2.24) is 0 Å². The molecule has 0 atom stereocenters. The Morgan fingerprint density at radius 2 is 0.700 bits per heavy atom. The molecule has 0 aromatic carbocycles. The Morgan fingerprint density at radius 3 is 0.700 bits per heavy atom. The third-order valence-electron chi connectivity index (χ3n) is 0. The summed E-state index contributed by atoms with van der Waals surface area (Å²) < 4.78 is 7.25. The van der Waals surface area contributed by atoms with Gasteiger partial charge in [-0.25, -0.2) is 0 Å². The quantitative estimate of drug-likeness (QED) is 0.315. The molecular weight excluding hydrogens is 274 g/mol. The van der Waals surface area contributed by atoms with E-state index in [0.29, 0.717) is 0 Å². The molecule has 0 amide bonds. The Balaban J connectivity index is -0.000000000179. The molecule has 0 bridgehead atoms. The maximum Gasteiger partial charge on any atom is 6.00 e. The Kier molecular flexibility index (Phi) is 57200. The van der Waals surface area contributed by atoms with Crippen LogP contribution in [0, 0.1) is 5.46 Å². The van der Waals surface area contributed by atoms with E-state index >= 15 is 0 Å². The normalized spacial score (nSPS) is 0.200. The first-order valence-electron chi connectivity index (χ1n) is 0.183. The largest absolute Gasteiger partial charge is 6.00 e. The molecule has 0 saturated carbocycles. The van der Waals surface area contributed by atoms with Gasteiger partial charge < -0.3 is 54.9 Å². The van der Waals surface area contributed by atoms with Gasteiger partial charge in [0.2, 0.25) is 0 Å². The second-order valence-corrected chi connectivity index (χ2v) is 0. The molecule has 0 aromatic rings. The van der Waals surface area contributed by atoms with E-state index in [1.807, 2.05) is 0 Å². The molecule has 10 heavy (non-hydrogen) atoms. The second-order valence-electron chi connectivity index (χ2n) is 0. The molecule has 0 rings (SSSR count). The first-order chi connectivity index (χ1) is 1.00. The molecule has 0 aromatic heterocycles. The van der Waals surface area contributed by atoms with Crippen molar-refractivity contribution in [3.05, 3.63) is 24.6 Å². The van der Waals surface area contributed by atoms with Gasteiger partial charge in [0.25, 0.3) is 0 Å². The predicted molar refractivity (Wildman–Crippen MR) is 27.2 cm³/mol. The van der Waals surface area contributed by atoms with E-state index in [1.165, 1.54) is 0 Å². The number of nitrogens with two attached hydrogens (primary N) is 4. The summed E-state index contributed by atoms with van der Waals surface area (Å²) in [4.78, 5) is 0. The van der Waals surface area contributed by atoms with E-state index in [0.717, 1.165) is 0 Å². The molecule has 0 fully saturated rings. The average Bonchev–Trinajstić information content (AvgIpc) is 1.00. The first kappa shape index (κ1) is 357. The van der Waals surface area contributed by atoms with Crippen LogP contribution in [0.5, 0.6) is 0 Å². The standard InChI is InChI=1S/2ClH.NO.4H2N.H2O.Ru/c;;1-2;;;;;;/h2*1H;;5*1H2;/q;;+1;4*-1;;+6/p-2.